The van der Waals surface area contributed by atoms with E-state index in [0.717, 1.165) is 22.2 Å². The second kappa shape index (κ2) is 8.17. The van der Waals surface area contributed by atoms with Crippen LogP contribution in [-0.2, 0) is 28.4 Å². The number of ether oxygens (including phenoxy) is 2. The Morgan fingerprint density at radius 3 is 1.59 bits per heavy atom. The van der Waals surface area contributed by atoms with Gasteiger partial charge in [-0.2, -0.15) is 10.2 Å². The van der Waals surface area contributed by atoms with Crippen molar-refractivity contribution in [3.63, 3.8) is 0 Å². The number of nitrogens with zero attached hydrogens (tertiary/aromatic N) is 6. The van der Waals surface area contributed by atoms with E-state index in [2.05, 4.69) is 20.2 Å². The van der Waals surface area contributed by atoms with Crippen LogP contribution in [-0.4, -0.2) is 60.5 Å². The molecule has 0 unspecified atom stereocenters. The maximum absolute atomic E-state index is 12.3. The summed E-state index contributed by atoms with van der Waals surface area (Å²) >= 11 is 0. The minimum Gasteiger partial charge on any atom is -0.454 e. The number of esters is 2. The number of pyridine rings is 2. The summed E-state index contributed by atoms with van der Waals surface area (Å²) in [6, 6.07) is 3.22. The van der Waals surface area contributed by atoms with E-state index in [9.17, 15) is 14.4 Å². The van der Waals surface area contributed by atoms with E-state index in [1.807, 2.05) is 0 Å². The van der Waals surface area contributed by atoms with E-state index in [-0.39, 0.29) is 11.1 Å². The average Bonchev–Trinajstić information content (AvgIpc) is 3.23. The van der Waals surface area contributed by atoms with Crippen LogP contribution in [0.2, 0.25) is 0 Å². The number of fused-ring (bicyclic) bond motifs is 2. The molecule has 0 aliphatic heterocycles. The summed E-state index contributed by atoms with van der Waals surface area (Å²) in [5.74, 6) is -1.97. The van der Waals surface area contributed by atoms with Crippen LogP contribution in [0.3, 0.4) is 0 Å². The lowest BCUT2D eigenvalue weighted by Gasteiger charge is -2.06. The zero-order valence-electron chi connectivity index (χ0n) is 17.9. The predicted molar refractivity (Wildman–Crippen MR) is 112 cm³/mol. The molecule has 0 radical (unpaired) electrons. The van der Waals surface area contributed by atoms with Gasteiger partial charge in [-0.3, -0.25) is 14.2 Å². The molecule has 0 N–H and O–H groups in total. The van der Waals surface area contributed by atoms with Gasteiger partial charge >= 0.3 is 11.9 Å². The third-order valence-corrected chi connectivity index (χ3v) is 4.93. The van der Waals surface area contributed by atoms with Crippen molar-refractivity contribution in [2.24, 2.45) is 14.1 Å². The summed E-state index contributed by atoms with van der Waals surface area (Å²) in [6.45, 7) is 2.55. The largest absolute Gasteiger partial charge is 0.454 e. The summed E-state index contributed by atoms with van der Waals surface area (Å²) in [5.41, 5.74) is 3.12. The normalized spacial score (nSPS) is 11.1. The summed E-state index contributed by atoms with van der Waals surface area (Å²) in [4.78, 5) is 45.0. The molecule has 164 valence electrons. The summed E-state index contributed by atoms with van der Waals surface area (Å²) in [6.07, 6.45) is 2.72. The Kier molecular flexibility index (Phi) is 5.39. The van der Waals surface area contributed by atoms with Gasteiger partial charge in [0.2, 0.25) is 5.78 Å². The number of carbonyl (C=O) groups excluding carboxylic acids is 3. The smallest absolute Gasteiger partial charge is 0.340 e. The molecule has 0 bridgehead atoms. The van der Waals surface area contributed by atoms with Crippen LogP contribution in [0.5, 0.6) is 0 Å². The molecule has 4 aromatic rings. The van der Waals surface area contributed by atoms with Gasteiger partial charge in [-0.05, 0) is 26.0 Å². The van der Waals surface area contributed by atoms with Crippen molar-refractivity contribution in [3.05, 3.63) is 47.0 Å². The Hall–Kier alpha value is -4.15. The zero-order valence-corrected chi connectivity index (χ0v) is 17.9. The van der Waals surface area contributed by atoms with Gasteiger partial charge in [-0.15, -0.1) is 0 Å². The Bertz CT molecular complexity index is 1280. The van der Waals surface area contributed by atoms with Crippen molar-refractivity contribution in [3.8, 4) is 0 Å². The molecular formula is C21H20N6O5. The standard InChI is InChI=1S/C21H20N6O5/c1-11-16-5-13(7-22-18(16)26(3)24-11)20(29)31-9-15(28)10-32-21(30)14-6-17-12(2)25-27(4)19(17)23-8-14/h5-8H,9-10H2,1-4H3. The predicted octanol–water partition coefficient (Wildman–Crippen LogP) is 1.45. The Morgan fingerprint density at radius 2 is 1.19 bits per heavy atom. The number of ketones is 1. The third-order valence-electron chi connectivity index (χ3n) is 4.93. The molecule has 0 aliphatic rings. The molecule has 32 heavy (non-hydrogen) atoms. The molecule has 0 spiro atoms. The first-order chi connectivity index (χ1) is 15.2. The fourth-order valence-corrected chi connectivity index (χ4v) is 3.34. The van der Waals surface area contributed by atoms with Crippen LogP contribution >= 0.6 is 0 Å². The van der Waals surface area contributed by atoms with Gasteiger partial charge in [0.25, 0.3) is 0 Å². The van der Waals surface area contributed by atoms with Gasteiger partial charge < -0.3 is 9.47 Å². The number of aryl methyl sites for hydroxylation is 4. The summed E-state index contributed by atoms with van der Waals surface area (Å²) in [5, 5.41) is 9.93. The Labute approximate surface area is 182 Å². The van der Waals surface area contributed by atoms with Crippen molar-refractivity contribution in [1.82, 2.24) is 29.5 Å². The van der Waals surface area contributed by atoms with E-state index < -0.39 is 30.9 Å². The molecule has 0 aliphatic carbocycles. The van der Waals surface area contributed by atoms with Gasteiger partial charge in [0.1, 0.15) is 0 Å². The van der Waals surface area contributed by atoms with E-state index >= 15 is 0 Å². The maximum atomic E-state index is 12.3. The molecule has 0 amide bonds. The maximum Gasteiger partial charge on any atom is 0.340 e. The second-order valence-corrected chi connectivity index (χ2v) is 7.30. The monoisotopic (exact) mass is 436 g/mol. The highest BCUT2D eigenvalue weighted by atomic mass is 16.6. The number of rotatable bonds is 6. The minimum atomic E-state index is -0.705. The lowest BCUT2D eigenvalue weighted by atomic mass is 10.2. The fraction of sp³-hybridized carbons (Fsp3) is 0.286. The zero-order chi connectivity index (χ0) is 23.0. The molecule has 4 heterocycles. The minimum absolute atomic E-state index is 0.199. The van der Waals surface area contributed by atoms with Crippen molar-refractivity contribution in [2.75, 3.05) is 13.2 Å². The number of hydrogen-bond donors (Lipinski definition) is 0. The van der Waals surface area contributed by atoms with Crippen LogP contribution in [0.15, 0.2) is 24.5 Å². The molecule has 4 aromatic heterocycles. The Morgan fingerprint density at radius 1 is 0.781 bits per heavy atom. The third kappa shape index (κ3) is 3.92. The van der Waals surface area contributed by atoms with E-state index in [1.165, 1.54) is 12.4 Å². The van der Waals surface area contributed by atoms with Gasteiger partial charge in [-0.25, -0.2) is 19.6 Å². The van der Waals surface area contributed by atoms with Crippen LogP contribution in [0.4, 0.5) is 0 Å². The SMILES string of the molecule is Cc1nn(C)c2ncc(C(=O)OCC(=O)COC(=O)c3cnc4c(c3)c(C)nn4C)cc12. The molecule has 0 atom stereocenters. The number of hydrogen-bond acceptors (Lipinski definition) is 9. The van der Waals surface area contributed by atoms with Gasteiger partial charge in [-0.1, -0.05) is 0 Å². The summed E-state index contributed by atoms with van der Waals surface area (Å²) in [7, 11) is 3.51. The molecule has 11 heteroatoms. The quantitative estimate of drug-likeness (QED) is 0.412. The highest BCUT2D eigenvalue weighted by Gasteiger charge is 2.17. The average molecular weight is 436 g/mol. The van der Waals surface area contributed by atoms with Crippen LogP contribution < -0.4 is 0 Å². The van der Waals surface area contributed by atoms with Crippen molar-refractivity contribution in [1.29, 1.82) is 0 Å². The highest BCUT2D eigenvalue weighted by molar-refractivity contribution is 5.97. The van der Waals surface area contributed by atoms with E-state index in [1.54, 1.807) is 49.4 Å². The van der Waals surface area contributed by atoms with Crippen molar-refractivity contribution < 1.29 is 23.9 Å². The first-order valence-corrected chi connectivity index (χ1v) is 9.69. The first-order valence-electron chi connectivity index (χ1n) is 9.69. The van der Waals surface area contributed by atoms with Crippen LogP contribution in [0, 0.1) is 13.8 Å². The second-order valence-electron chi connectivity index (χ2n) is 7.30. The van der Waals surface area contributed by atoms with Crippen LogP contribution in [0.25, 0.3) is 22.1 Å². The molecule has 0 saturated carbocycles. The molecule has 4 rings (SSSR count). The lowest BCUT2D eigenvalue weighted by Crippen LogP contribution is -2.20. The number of carbonyl (C=O) groups is 3. The van der Waals surface area contributed by atoms with Crippen molar-refractivity contribution in [2.45, 2.75) is 13.8 Å². The molecule has 0 saturated heterocycles. The first kappa shape index (κ1) is 21.1. The number of aromatic nitrogens is 6. The topological polar surface area (TPSA) is 131 Å². The van der Waals surface area contributed by atoms with Crippen molar-refractivity contribution >= 4 is 39.8 Å². The number of Topliss-reactive ketones (excluding diaryl/α,β-unsaturated/α-hetero) is 1. The van der Waals surface area contributed by atoms with Gasteiger partial charge in [0.05, 0.1) is 22.5 Å². The Balaban J connectivity index is 1.33. The van der Waals surface area contributed by atoms with Gasteiger partial charge in [0, 0.05) is 37.3 Å². The molecule has 11 nitrogen and oxygen atoms in total. The van der Waals surface area contributed by atoms with E-state index in [4.69, 9.17) is 9.47 Å². The molecule has 0 fully saturated rings. The van der Waals surface area contributed by atoms with Crippen LogP contribution in [0.1, 0.15) is 32.1 Å². The van der Waals surface area contributed by atoms with E-state index in [0.29, 0.717) is 11.3 Å². The fourth-order valence-electron chi connectivity index (χ4n) is 3.34. The lowest BCUT2D eigenvalue weighted by molar-refractivity contribution is -0.125. The van der Waals surface area contributed by atoms with Gasteiger partial charge in [0.15, 0.2) is 24.5 Å². The summed E-state index contributed by atoms with van der Waals surface area (Å²) < 4.78 is 13.3. The highest BCUT2D eigenvalue weighted by Crippen LogP contribution is 2.18. The molecule has 0 aromatic carbocycles. The molecular weight excluding hydrogens is 416 g/mol.